The van der Waals surface area contributed by atoms with Crippen molar-refractivity contribution in [3.63, 3.8) is 0 Å². The zero-order valence-corrected chi connectivity index (χ0v) is 14.5. The standard InChI is InChI=1S/C17H16ClNO4S/c1-24(22)15-9-5-3-7-13(15)17(21)23-11-16(20)19-10-12-6-2-4-8-14(12)18/h2-9H,10-11H2,1H3,(H,19,20)/t24-/m0/s1. The van der Waals surface area contributed by atoms with E-state index in [1.807, 2.05) is 6.07 Å². The molecule has 1 atom stereocenters. The van der Waals surface area contributed by atoms with E-state index in [1.165, 1.54) is 12.3 Å². The summed E-state index contributed by atoms with van der Waals surface area (Å²) in [4.78, 5) is 24.2. The van der Waals surface area contributed by atoms with Crippen molar-refractivity contribution in [3.8, 4) is 0 Å². The van der Waals surface area contributed by atoms with E-state index in [9.17, 15) is 13.8 Å². The molecule has 24 heavy (non-hydrogen) atoms. The molecule has 0 spiro atoms. The van der Waals surface area contributed by atoms with E-state index in [4.69, 9.17) is 16.3 Å². The van der Waals surface area contributed by atoms with E-state index in [-0.39, 0.29) is 12.1 Å². The monoisotopic (exact) mass is 365 g/mol. The van der Waals surface area contributed by atoms with Crippen molar-refractivity contribution in [1.82, 2.24) is 5.32 Å². The number of hydrogen-bond acceptors (Lipinski definition) is 4. The van der Waals surface area contributed by atoms with Crippen LogP contribution in [0.4, 0.5) is 0 Å². The third kappa shape index (κ3) is 4.91. The van der Waals surface area contributed by atoms with E-state index in [0.717, 1.165) is 5.56 Å². The maximum Gasteiger partial charge on any atom is 0.339 e. The third-order valence-electron chi connectivity index (χ3n) is 3.18. The van der Waals surface area contributed by atoms with Gasteiger partial charge in [0.2, 0.25) is 0 Å². The minimum atomic E-state index is -1.32. The van der Waals surface area contributed by atoms with Gasteiger partial charge in [-0.2, -0.15) is 0 Å². The molecular weight excluding hydrogens is 350 g/mol. The van der Waals surface area contributed by atoms with Crippen LogP contribution in [-0.2, 0) is 26.9 Å². The number of amides is 1. The average molecular weight is 366 g/mol. The van der Waals surface area contributed by atoms with Gasteiger partial charge in [-0.3, -0.25) is 9.00 Å². The lowest BCUT2D eigenvalue weighted by molar-refractivity contribution is -0.124. The lowest BCUT2D eigenvalue weighted by Gasteiger charge is -2.09. The fourth-order valence-electron chi connectivity index (χ4n) is 1.98. The quantitative estimate of drug-likeness (QED) is 0.798. The first-order valence-electron chi connectivity index (χ1n) is 7.08. The number of esters is 1. The van der Waals surface area contributed by atoms with Gasteiger partial charge in [-0.25, -0.2) is 4.79 Å². The molecule has 1 amide bonds. The molecule has 0 unspecified atom stereocenters. The molecule has 2 aromatic rings. The summed E-state index contributed by atoms with van der Waals surface area (Å²) >= 11 is 6.00. The second kappa shape index (κ2) is 8.61. The van der Waals surface area contributed by atoms with Crippen molar-refractivity contribution in [2.45, 2.75) is 11.4 Å². The van der Waals surface area contributed by atoms with Crippen molar-refractivity contribution in [2.75, 3.05) is 12.9 Å². The Balaban J connectivity index is 1.89. The second-order valence-electron chi connectivity index (χ2n) is 4.89. The van der Waals surface area contributed by atoms with Gasteiger partial charge in [0, 0.05) is 17.8 Å². The van der Waals surface area contributed by atoms with Crippen LogP contribution in [0.2, 0.25) is 5.02 Å². The van der Waals surface area contributed by atoms with Crippen LogP contribution in [0.25, 0.3) is 0 Å². The molecule has 0 bridgehead atoms. The van der Waals surface area contributed by atoms with Gasteiger partial charge in [0.15, 0.2) is 6.61 Å². The number of halogens is 1. The lowest BCUT2D eigenvalue weighted by atomic mass is 10.2. The Morgan fingerprint density at radius 3 is 2.50 bits per heavy atom. The fourth-order valence-corrected chi connectivity index (χ4v) is 2.92. The molecule has 0 saturated heterocycles. The van der Waals surface area contributed by atoms with Crippen molar-refractivity contribution in [3.05, 3.63) is 64.7 Å². The first kappa shape index (κ1) is 18.2. The first-order valence-corrected chi connectivity index (χ1v) is 9.02. The topological polar surface area (TPSA) is 72.5 Å². The van der Waals surface area contributed by atoms with Crippen LogP contribution < -0.4 is 5.32 Å². The maximum absolute atomic E-state index is 12.0. The highest BCUT2D eigenvalue weighted by molar-refractivity contribution is 7.84. The van der Waals surface area contributed by atoms with Crippen LogP contribution in [0.5, 0.6) is 0 Å². The maximum atomic E-state index is 12.0. The van der Waals surface area contributed by atoms with Crippen LogP contribution in [0.1, 0.15) is 15.9 Å². The van der Waals surface area contributed by atoms with Gasteiger partial charge in [0.1, 0.15) is 0 Å². The van der Waals surface area contributed by atoms with Crippen LogP contribution in [0.3, 0.4) is 0 Å². The molecule has 2 rings (SSSR count). The summed E-state index contributed by atoms with van der Waals surface area (Å²) in [6, 6.07) is 13.6. The van der Waals surface area contributed by atoms with Crippen LogP contribution >= 0.6 is 11.6 Å². The predicted octanol–water partition coefficient (Wildman–Crippen LogP) is 2.55. The molecule has 1 N–H and O–H groups in total. The van der Waals surface area contributed by atoms with Gasteiger partial charge in [0.25, 0.3) is 5.91 Å². The van der Waals surface area contributed by atoms with Crippen molar-refractivity contribution in [1.29, 1.82) is 0 Å². The van der Waals surface area contributed by atoms with Crippen LogP contribution in [0.15, 0.2) is 53.4 Å². The summed E-state index contributed by atoms with van der Waals surface area (Å²) in [6.07, 6.45) is 1.47. The predicted molar refractivity (Wildman–Crippen MR) is 92.4 cm³/mol. The summed E-state index contributed by atoms with van der Waals surface area (Å²) in [5, 5.41) is 3.17. The van der Waals surface area contributed by atoms with Crippen LogP contribution in [0, 0.1) is 0 Å². The molecule has 126 valence electrons. The van der Waals surface area contributed by atoms with Gasteiger partial charge in [-0.1, -0.05) is 41.9 Å². The SMILES string of the molecule is C[S@](=O)c1ccccc1C(=O)OCC(=O)NCc1ccccc1Cl. The number of hydrogen-bond donors (Lipinski definition) is 1. The molecule has 0 saturated carbocycles. The number of carbonyl (C=O) groups excluding carboxylic acids is 2. The first-order chi connectivity index (χ1) is 11.5. The van der Waals surface area contributed by atoms with Crippen LogP contribution in [-0.4, -0.2) is 28.9 Å². The van der Waals surface area contributed by atoms with E-state index < -0.39 is 29.3 Å². The average Bonchev–Trinajstić information content (AvgIpc) is 2.59. The number of carbonyl (C=O) groups is 2. The third-order valence-corrected chi connectivity index (χ3v) is 4.53. The highest BCUT2D eigenvalue weighted by atomic mass is 35.5. The minimum absolute atomic E-state index is 0.192. The van der Waals surface area contributed by atoms with E-state index >= 15 is 0 Å². The highest BCUT2D eigenvalue weighted by Crippen LogP contribution is 2.15. The molecule has 0 radical (unpaired) electrons. The van der Waals surface area contributed by atoms with E-state index in [1.54, 1.807) is 36.4 Å². The van der Waals surface area contributed by atoms with Gasteiger partial charge in [-0.15, -0.1) is 0 Å². The molecule has 7 heteroatoms. The molecule has 0 aliphatic rings. The molecular formula is C17H16ClNO4S. The van der Waals surface area contributed by atoms with E-state index in [2.05, 4.69) is 5.32 Å². The zero-order chi connectivity index (χ0) is 17.5. The highest BCUT2D eigenvalue weighted by Gasteiger charge is 2.16. The van der Waals surface area contributed by atoms with E-state index in [0.29, 0.717) is 9.92 Å². The molecule has 0 aliphatic heterocycles. The van der Waals surface area contributed by atoms with Gasteiger partial charge >= 0.3 is 5.97 Å². The Morgan fingerprint density at radius 1 is 1.12 bits per heavy atom. The second-order valence-corrected chi connectivity index (χ2v) is 6.65. The Labute approximate surface area is 147 Å². The molecule has 2 aromatic carbocycles. The Morgan fingerprint density at radius 2 is 1.79 bits per heavy atom. The fraction of sp³-hybridized carbons (Fsp3) is 0.176. The lowest BCUT2D eigenvalue weighted by Crippen LogP contribution is -2.28. The molecule has 0 aliphatic carbocycles. The summed E-state index contributed by atoms with van der Waals surface area (Å²) in [6.45, 7) is -0.181. The molecule has 0 aromatic heterocycles. The summed E-state index contributed by atoms with van der Waals surface area (Å²) < 4.78 is 16.6. The number of benzene rings is 2. The number of rotatable bonds is 6. The largest absolute Gasteiger partial charge is 0.452 e. The number of ether oxygens (including phenoxy) is 1. The molecule has 0 heterocycles. The Bertz CT molecular complexity index is 779. The van der Waals surface area contributed by atoms with Crippen molar-refractivity contribution >= 4 is 34.3 Å². The normalized spacial score (nSPS) is 11.6. The smallest absolute Gasteiger partial charge is 0.339 e. The van der Waals surface area contributed by atoms with Gasteiger partial charge < -0.3 is 10.1 Å². The van der Waals surface area contributed by atoms with Crippen molar-refractivity contribution < 1.29 is 18.5 Å². The Hall–Kier alpha value is -2.18. The van der Waals surface area contributed by atoms with Gasteiger partial charge in [0.05, 0.1) is 21.3 Å². The summed E-state index contributed by atoms with van der Waals surface area (Å²) in [5.41, 5.74) is 0.961. The van der Waals surface area contributed by atoms with Gasteiger partial charge in [-0.05, 0) is 23.8 Å². The summed E-state index contributed by atoms with van der Waals surface area (Å²) in [5.74, 6) is -1.13. The Kier molecular flexibility index (Phi) is 6.52. The zero-order valence-electron chi connectivity index (χ0n) is 13.0. The minimum Gasteiger partial charge on any atom is -0.452 e. The number of nitrogens with one attached hydrogen (secondary N) is 1. The molecule has 0 fully saturated rings. The summed E-state index contributed by atoms with van der Waals surface area (Å²) in [7, 11) is -1.32. The molecule has 5 nitrogen and oxygen atoms in total. The van der Waals surface area contributed by atoms with Crippen molar-refractivity contribution in [2.24, 2.45) is 0 Å².